The van der Waals surface area contributed by atoms with Crippen LogP contribution in [0.4, 0.5) is 5.69 Å². The molecule has 1 atom stereocenters. The molecule has 0 saturated carbocycles. The molecular weight excluding hydrogens is 260 g/mol. The number of piperidine rings is 1. The Morgan fingerprint density at radius 3 is 2.90 bits per heavy atom. The Kier molecular flexibility index (Phi) is 6.07. The van der Waals surface area contributed by atoms with Crippen molar-refractivity contribution in [1.82, 2.24) is 5.32 Å². The average Bonchev–Trinajstić information content (AvgIpc) is 2.47. The Morgan fingerprint density at radius 2 is 2.19 bits per heavy atom. The number of methoxy groups -OCH3 is 1. The summed E-state index contributed by atoms with van der Waals surface area (Å²) in [5, 5.41) is 3.58. The van der Waals surface area contributed by atoms with Crippen LogP contribution in [0.3, 0.4) is 0 Å². The van der Waals surface area contributed by atoms with Crippen LogP contribution >= 0.6 is 0 Å². The maximum atomic E-state index is 5.56. The highest BCUT2D eigenvalue weighted by atomic mass is 16.5. The van der Waals surface area contributed by atoms with Crippen LogP contribution in [0, 0.1) is 12.8 Å². The van der Waals surface area contributed by atoms with Crippen molar-refractivity contribution in [1.29, 1.82) is 0 Å². The predicted molar refractivity (Wildman–Crippen MR) is 90.0 cm³/mol. The molecule has 3 heteroatoms. The van der Waals surface area contributed by atoms with E-state index in [1.807, 2.05) is 7.11 Å². The Balaban J connectivity index is 2.10. The Morgan fingerprint density at radius 1 is 1.38 bits per heavy atom. The fraction of sp³-hybridized carbons (Fsp3) is 0.667. The molecule has 1 aliphatic heterocycles. The highest BCUT2D eigenvalue weighted by Gasteiger charge is 2.21. The van der Waals surface area contributed by atoms with Crippen molar-refractivity contribution in [2.75, 3.05) is 31.6 Å². The largest absolute Gasteiger partial charge is 0.380 e. The molecule has 3 nitrogen and oxygen atoms in total. The summed E-state index contributed by atoms with van der Waals surface area (Å²) in [5.74, 6) is 0.686. The van der Waals surface area contributed by atoms with Crippen molar-refractivity contribution in [3.8, 4) is 0 Å². The molecule has 1 aromatic carbocycles. The van der Waals surface area contributed by atoms with Crippen molar-refractivity contribution < 1.29 is 4.74 Å². The number of hydrogen-bond donors (Lipinski definition) is 1. The standard InChI is InChI=1S/C18H30N2O/c1-14(2)11-19-12-16-10-15(3)7-8-18(16)20-9-5-6-17(13-20)21-4/h7-8,10,14,17,19H,5-6,9,11-13H2,1-4H3. The average molecular weight is 290 g/mol. The van der Waals surface area contributed by atoms with Crippen molar-refractivity contribution in [3.63, 3.8) is 0 Å². The molecule has 1 saturated heterocycles. The van der Waals surface area contributed by atoms with Gasteiger partial charge in [0.15, 0.2) is 0 Å². The summed E-state index contributed by atoms with van der Waals surface area (Å²) in [6.07, 6.45) is 2.77. The monoisotopic (exact) mass is 290 g/mol. The summed E-state index contributed by atoms with van der Waals surface area (Å²) in [5.41, 5.74) is 4.12. The number of nitrogens with one attached hydrogen (secondary N) is 1. The smallest absolute Gasteiger partial charge is 0.0746 e. The quantitative estimate of drug-likeness (QED) is 0.869. The summed E-state index contributed by atoms with van der Waals surface area (Å²) in [7, 11) is 1.83. The van der Waals surface area contributed by atoms with Gasteiger partial charge in [0, 0.05) is 32.4 Å². The van der Waals surface area contributed by atoms with Gasteiger partial charge in [-0.25, -0.2) is 0 Å². The zero-order valence-corrected chi connectivity index (χ0v) is 14.0. The van der Waals surface area contributed by atoms with Crippen molar-refractivity contribution in [2.45, 2.75) is 46.3 Å². The van der Waals surface area contributed by atoms with E-state index in [1.165, 1.54) is 29.7 Å². The topological polar surface area (TPSA) is 24.5 Å². The van der Waals surface area contributed by atoms with Crippen LogP contribution in [0.2, 0.25) is 0 Å². The van der Waals surface area contributed by atoms with Crippen LogP contribution in [-0.4, -0.2) is 32.8 Å². The number of benzene rings is 1. The Hall–Kier alpha value is -1.06. The zero-order valence-electron chi connectivity index (χ0n) is 14.0. The molecule has 0 aliphatic carbocycles. The number of rotatable bonds is 6. The second kappa shape index (κ2) is 7.81. The van der Waals surface area contributed by atoms with Gasteiger partial charge in [-0.05, 0) is 43.9 Å². The number of nitrogens with zero attached hydrogens (tertiary/aromatic N) is 1. The molecule has 1 unspecified atom stereocenters. The molecule has 0 amide bonds. The number of aryl methyl sites for hydroxylation is 1. The normalized spacial score (nSPS) is 19.3. The lowest BCUT2D eigenvalue weighted by atomic mass is 10.0. The SMILES string of the molecule is COC1CCCN(c2ccc(C)cc2CNCC(C)C)C1. The first kappa shape index (κ1) is 16.3. The lowest BCUT2D eigenvalue weighted by Gasteiger charge is -2.35. The minimum absolute atomic E-state index is 0.372. The highest BCUT2D eigenvalue weighted by Crippen LogP contribution is 2.26. The molecule has 0 radical (unpaired) electrons. The minimum Gasteiger partial charge on any atom is -0.380 e. The van der Waals surface area contributed by atoms with Gasteiger partial charge in [-0.15, -0.1) is 0 Å². The third-order valence-corrected chi connectivity index (χ3v) is 4.16. The van der Waals surface area contributed by atoms with E-state index < -0.39 is 0 Å². The molecule has 118 valence electrons. The molecule has 21 heavy (non-hydrogen) atoms. The van der Waals surface area contributed by atoms with Crippen LogP contribution in [0.5, 0.6) is 0 Å². The maximum absolute atomic E-state index is 5.56. The van der Waals surface area contributed by atoms with Gasteiger partial charge in [0.2, 0.25) is 0 Å². The van der Waals surface area contributed by atoms with Crippen LogP contribution < -0.4 is 10.2 Å². The fourth-order valence-electron chi connectivity index (χ4n) is 3.01. The predicted octanol–water partition coefficient (Wildman–Crippen LogP) is 3.36. The van der Waals surface area contributed by atoms with Gasteiger partial charge >= 0.3 is 0 Å². The first-order valence-corrected chi connectivity index (χ1v) is 8.18. The third kappa shape index (κ3) is 4.72. The second-order valence-corrected chi connectivity index (χ2v) is 6.60. The van der Waals surface area contributed by atoms with Gasteiger partial charge in [0.05, 0.1) is 6.10 Å². The molecule has 0 aromatic heterocycles. The summed E-state index contributed by atoms with van der Waals surface area (Å²) < 4.78 is 5.56. The van der Waals surface area contributed by atoms with Gasteiger partial charge in [0.1, 0.15) is 0 Å². The van der Waals surface area contributed by atoms with Crippen molar-refractivity contribution in [2.24, 2.45) is 5.92 Å². The van der Waals surface area contributed by atoms with E-state index in [0.29, 0.717) is 12.0 Å². The molecule has 0 bridgehead atoms. The van der Waals surface area contributed by atoms with Gasteiger partial charge in [0.25, 0.3) is 0 Å². The van der Waals surface area contributed by atoms with Gasteiger partial charge in [-0.3, -0.25) is 0 Å². The zero-order chi connectivity index (χ0) is 15.2. The van der Waals surface area contributed by atoms with E-state index in [2.05, 4.69) is 49.2 Å². The molecule has 0 spiro atoms. The Bertz CT molecular complexity index is 445. The Labute approximate surface area is 129 Å². The van der Waals surface area contributed by atoms with Gasteiger partial charge < -0.3 is 15.0 Å². The summed E-state index contributed by atoms with van der Waals surface area (Å²) >= 11 is 0. The van der Waals surface area contributed by atoms with Crippen LogP contribution in [-0.2, 0) is 11.3 Å². The molecule has 1 aliphatic rings. The highest BCUT2D eigenvalue weighted by molar-refractivity contribution is 5.55. The lowest BCUT2D eigenvalue weighted by Crippen LogP contribution is -2.40. The number of ether oxygens (including phenoxy) is 1. The van der Waals surface area contributed by atoms with Crippen LogP contribution in [0.1, 0.15) is 37.8 Å². The minimum atomic E-state index is 0.372. The molecule has 1 N–H and O–H groups in total. The van der Waals surface area contributed by atoms with E-state index in [4.69, 9.17) is 4.74 Å². The third-order valence-electron chi connectivity index (χ3n) is 4.16. The summed E-state index contributed by atoms with van der Waals surface area (Å²) in [4.78, 5) is 2.49. The van der Waals surface area contributed by atoms with E-state index in [1.54, 1.807) is 0 Å². The number of anilines is 1. The van der Waals surface area contributed by atoms with Crippen molar-refractivity contribution in [3.05, 3.63) is 29.3 Å². The van der Waals surface area contributed by atoms with E-state index >= 15 is 0 Å². The molecule has 1 fully saturated rings. The van der Waals surface area contributed by atoms with E-state index in [0.717, 1.165) is 26.2 Å². The molecular formula is C18H30N2O. The van der Waals surface area contributed by atoms with E-state index in [9.17, 15) is 0 Å². The first-order chi connectivity index (χ1) is 10.1. The summed E-state index contributed by atoms with van der Waals surface area (Å²) in [6, 6.07) is 6.82. The summed E-state index contributed by atoms with van der Waals surface area (Å²) in [6.45, 7) is 10.8. The molecule has 1 aromatic rings. The van der Waals surface area contributed by atoms with Crippen molar-refractivity contribution >= 4 is 5.69 Å². The molecule has 2 rings (SSSR count). The van der Waals surface area contributed by atoms with Crippen LogP contribution in [0.25, 0.3) is 0 Å². The second-order valence-electron chi connectivity index (χ2n) is 6.60. The maximum Gasteiger partial charge on any atom is 0.0746 e. The molecule has 1 heterocycles. The fourth-order valence-corrected chi connectivity index (χ4v) is 3.01. The van der Waals surface area contributed by atoms with E-state index in [-0.39, 0.29) is 0 Å². The first-order valence-electron chi connectivity index (χ1n) is 8.18. The van der Waals surface area contributed by atoms with Gasteiger partial charge in [-0.1, -0.05) is 31.5 Å². The lowest BCUT2D eigenvalue weighted by molar-refractivity contribution is 0.0893. The van der Waals surface area contributed by atoms with Crippen LogP contribution in [0.15, 0.2) is 18.2 Å². The van der Waals surface area contributed by atoms with Gasteiger partial charge in [-0.2, -0.15) is 0 Å². The number of hydrogen-bond acceptors (Lipinski definition) is 3.